The first-order chi connectivity index (χ1) is 7.84. The number of hydrogen-bond acceptors (Lipinski definition) is 1. The number of benzene rings is 1. The van der Waals surface area contributed by atoms with Crippen LogP contribution in [0.4, 0.5) is 17.3 Å². The molecule has 0 radical (unpaired) electrons. The third-order valence-corrected chi connectivity index (χ3v) is 2.35. The van der Waals surface area contributed by atoms with Crippen molar-refractivity contribution < 1.29 is 73.5 Å². The van der Waals surface area contributed by atoms with Gasteiger partial charge in [0, 0.05) is 0 Å². The summed E-state index contributed by atoms with van der Waals surface area (Å²) in [4.78, 5) is 0. The summed E-state index contributed by atoms with van der Waals surface area (Å²) in [5.74, 6) is -1.20. The van der Waals surface area contributed by atoms with Crippen LogP contribution in [0.1, 0.15) is 26.7 Å². The molecule has 7 heteroatoms. The SMILES string of the molecule is CCCC(C)Oc1ccc(F)cc1[B-](F)(F)F.[K+]. The summed E-state index contributed by atoms with van der Waals surface area (Å²) in [6, 6.07) is 2.49. The Hall–Kier alpha value is 0.441. The second kappa shape index (κ2) is 7.89. The van der Waals surface area contributed by atoms with E-state index in [1.807, 2.05) is 6.92 Å². The van der Waals surface area contributed by atoms with Crippen molar-refractivity contribution in [1.29, 1.82) is 0 Å². The molecular formula is C11H14BF4KO. The molecular weight excluding hydrogens is 274 g/mol. The second-order valence-electron chi connectivity index (χ2n) is 3.97. The Morgan fingerprint density at radius 2 is 1.89 bits per heavy atom. The van der Waals surface area contributed by atoms with E-state index in [-0.39, 0.29) is 63.2 Å². The van der Waals surface area contributed by atoms with Crippen molar-refractivity contribution in [3.8, 4) is 5.75 Å². The molecule has 0 aliphatic heterocycles. The molecule has 0 heterocycles. The fourth-order valence-corrected chi connectivity index (χ4v) is 1.56. The van der Waals surface area contributed by atoms with Gasteiger partial charge in [-0.2, -0.15) is 0 Å². The summed E-state index contributed by atoms with van der Waals surface area (Å²) in [5.41, 5.74) is -1.01. The van der Waals surface area contributed by atoms with Crippen LogP contribution >= 0.6 is 0 Å². The molecule has 0 aromatic heterocycles. The molecule has 0 fully saturated rings. The third kappa shape index (κ3) is 5.61. The average molecular weight is 288 g/mol. The predicted octanol–water partition coefficient (Wildman–Crippen LogP) is 0.451. The largest absolute Gasteiger partial charge is 1.00 e. The zero-order valence-electron chi connectivity index (χ0n) is 10.7. The van der Waals surface area contributed by atoms with Crippen molar-refractivity contribution in [2.45, 2.75) is 32.8 Å². The molecule has 18 heavy (non-hydrogen) atoms. The monoisotopic (exact) mass is 288 g/mol. The predicted molar refractivity (Wildman–Crippen MR) is 60.1 cm³/mol. The van der Waals surface area contributed by atoms with Gasteiger partial charge in [-0.25, -0.2) is 4.39 Å². The zero-order chi connectivity index (χ0) is 13.1. The van der Waals surface area contributed by atoms with Gasteiger partial charge in [0.15, 0.2) is 0 Å². The molecule has 1 aromatic rings. The molecule has 0 saturated carbocycles. The molecule has 0 N–H and O–H groups in total. The van der Waals surface area contributed by atoms with Crippen LogP contribution in [-0.4, -0.2) is 13.1 Å². The van der Waals surface area contributed by atoms with Crippen molar-refractivity contribution in [2.24, 2.45) is 0 Å². The standard InChI is InChI=1S/C11H14BF4O.K/c1-3-4-8(2)17-11-6-5-9(13)7-10(11)12(14,15)16;/h5-8H,3-4H2,1-2H3;/q-1;+1. The minimum atomic E-state index is -5.26. The van der Waals surface area contributed by atoms with Crippen LogP contribution in [0.3, 0.4) is 0 Å². The quantitative estimate of drug-likeness (QED) is 0.565. The first-order valence-electron chi connectivity index (χ1n) is 5.50. The summed E-state index contributed by atoms with van der Waals surface area (Å²) in [6.07, 6.45) is 1.15. The molecule has 0 aliphatic rings. The van der Waals surface area contributed by atoms with Gasteiger partial charge in [-0.15, -0.1) is 0 Å². The van der Waals surface area contributed by atoms with Crippen molar-refractivity contribution in [3.63, 3.8) is 0 Å². The molecule has 1 rings (SSSR count). The van der Waals surface area contributed by atoms with Crippen LogP contribution in [0.25, 0.3) is 0 Å². The molecule has 1 atom stereocenters. The van der Waals surface area contributed by atoms with Gasteiger partial charge < -0.3 is 17.7 Å². The Labute approximate surface area is 147 Å². The summed E-state index contributed by atoms with van der Waals surface area (Å²) >= 11 is 0. The number of rotatable bonds is 5. The Kier molecular flexibility index (Phi) is 8.09. The van der Waals surface area contributed by atoms with Crippen LogP contribution in [0, 0.1) is 5.82 Å². The molecule has 0 aliphatic carbocycles. The van der Waals surface area contributed by atoms with Gasteiger partial charge in [0.2, 0.25) is 0 Å². The molecule has 1 aromatic carbocycles. The molecule has 0 spiro atoms. The van der Waals surface area contributed by atoms with E-state index in [0.29, 0.717) is 12.5 Å². The van der Waals surface area contributed by atoms with Crippen LogP contribution in [0.5, 0.6) is 5.75 Å². The van der Waals surface area contributed by atoms with Crippen molar-refractivity contribution in [3.05, 3.63) is 24.0 Å². The van der Waals surface area contributed by atoms with Crippen molar-refractivity contribution >= 4 is 12.4 Å². The molecule has 1 nitrogen and oxygen atoms in total. The van der Waals surface area contributed by atoms with E-state index >= 15 is 0 Å². The van der Waals surface area contributed by atoms with Gasteiger partial charge in [-0.1, -0.05) is 18.8 Å². The van der Waals surface area contributed by atoms with E-state index in [1.54, 1.807) is 6.92 Å². The first-order valence-corrected chi connectivity index (χ1v) is 5.50. The number of ether oxygens (including phenoxy) is 1. The van der Waals surface area contributed by atoms with Gasteiger partial charge in [0.1, 0.15) is 5.82 Å². The summed E-state index contributed by atoms with van der Waals surface area (Å²) < 4.78 is 56.1. The maximum absolute atomic E-state index is 12.8. The minimum absolute atomic E-state index is 0. The Morgan fingerprint density at radius 3 is 2.39 bits per heavy atom. The molecule has 1 unspecified atom stereocenters. The van der Waals surface area contributed by atoms with Crippen molar-refractivity contribution in [1.82, 2.24) is 0 Å². The van der Waals surface area contributed by atoms with Crippen LogP contribution in [-0.2, 0) is 0 Å². The van der Waals surface area contributed by atoms with E-state index in [0.717, 1.165) is 18.6 Å². The van der Waals surface area contributed by atoms with E-state index in [9.17, 15) is 17.3 Å². The van der Waals surface area contributed by atoms with Crippen LogP contribution < -0.4 is 61.6 Å². The molecule has 0 saturated heterocycles. The summed E-state index contributed by atoms with van der Waals surface area (Å²) in [6.45, 7) is -1.65. The van der Waals surface area contributed by atoms with Gasteiger partial charge >= 0.3 is 58.4 Å². The zero-order valence-corrected chi connectivity index (χ0v) is 13.8. The van der Waals surface area contributed by atoms with E-state index < -0.39 is 18.3 Å². The van der Waals surface area contributed by atoms with Gasteiger partial charge in [-0.3, -0.25) is 0 Å². The van der Waals surface area contributed by atoms with Gasteiger partial charge in [0.05, 0.1) is 11.9 Å². The summed E-state index contributed by atoms with van der Waals surface area (Å²) in [7, 11) is 0. The maximum atomic E-state index is 12.8. The number of halogens is 4. The van der Waals surface area contributed by atoms with E-state index in [2.05, 4.69) is 0 Å². The molecule has 0 amide bonds. The normalized spacial score (nSPS) is 12.8. The van der Waals surface area contributed by atoms with Gasteiger partial charge in [0.25, 0.3) is 0 Å². The smallest absolute Gasteiger partial charge is 0.494 e. The van der Waals surface area contributed by atoms with Crippen LogP contribution in [0.15, 0.2) is 18.2 Å². The third-order valence-electron chi connectivity index (χ3n) is 2.35. The van der Waals surface area contributed by atoms with E-state index in [4.69, 9.17) is 4.74 Å². The Morgan fingerprint density at radius 1 is 1.28 bits per heavy atom. The molecule has 96 valence electrons. The van der Waals surface area contributed by atoms with Crippen molar-refractivity contribution in [2.75, 3.05) is 0 Å². The minimum Gasteiger partial charge on any atom is -0.494 e. The second-order valence-corrected chi connectivity index (χ2v) is 3.97. The number of hydrogen-bond donors (Lipinski definition) is 0. The van der Waals surface area contributed by atoms with E-state index in [1.165, 1.54) is 0 Å². The Bertz CT molecular complexity index is 384. The topological polar surface area (TPSA) is 9.23 Å². The van der Waals surface area contributed by atoms with Crippen LogP contribution in [0.2, 0.25) is 0 Å². The fraction of sp³-hybridized carbons (Fsp3) is 0.455. The fourth-order valence-electron chi connectivity index (χ4n) is 1.56. The Balaban J connectivity index is 0.00000289. The maximum Gasteiger partial charge on any atom is 1.00 e. The average Bonchev–Trinajstić information content (AvgIpc) is 2.19. The van der Waals surface area contributed by atoms with Gasteiger partial charge in [-0.05, 0) is 31.5 Å². The summed E-state index contributed by atoms with van der Waals surface area (Å²) in [5, 5.41) is 0. The first kappa shape index (κ1) is 18.4. The molecule has 0 bridgehead atoms.